The molecule has 1 aromatic heterocycles. The van der Waals surface area contributed by atoms with Gasteiger partial charge in [-0.1, -0.05) is 12.1 Å². The fourth-order valence-electron chi connectivity index (χ4n) is 1.37. The fourth-order valence-corrected chi connectivity index (χ4v) is 1.37. The van der Waals surface area contributed by atoms with Crippen molar-refractivity contribution in [2.24, 2.45) is 0 Å². The maximum Gasteiger partial charge on any atom is 0.325 e. The molecule has 0 aliphatic carbocycles. The molecule has 0 amide bonds. The number of nitrogens with zero attached hydrogens (tertiary/aromatic N) is 2. The van der Waals surface area contributed by atoms with Gasteiger partial charge >= 0.3 is 6.01 Å². The van der Waals surface area contributed by atoms with E-state index in [1.165, 1.54) is 20.2 Å². The number of carbonyl (C=O) groups excluding carboxylic acids is 1. The Labute approximate surface area is 104 Å². The van der Waals surface area contributed by atoms with Crippen molar-refractivity contribution in [3.63, 3.8) is 0 Å². The number of carbonyl (C=O) groups is 1. The van der Waals surface area contributed by atoms with Crippen LogP contribution in [0.2, 0.25) is 0 Å². The van der Waals surface area contributed by atoms with Crippen LogP contribution in [0, 0.1) is 0 Å². The van der Waals surface area contributed by atoms with Crippen LogP contribution in [0.3, 0.4) is 0 Å². The highest BCUT2D eigenvalue weighted by atomic mass is 16.5. The Bertz CT molecular complexity index is 570. The standard InChI is InChI=1S/C13H12N2O3/c1-9(16)10-4-3-5-11(8-10)18-13-14-7-6-12(15-13)17-2/h3-8H,1-2H3. The zero-order valence-electron chi connectivity index (χ0n) is 10.1. The normalized spacial score (nSPS) is 9.89. The number of ether oxygens (including phenoxy) is 2. The summed E-state index contributed by atoms with van der Waals surface area (Å²) in [5.41, 5.74) is 0.579. The molecule has 0 aliphatic heterocycles. The minimum absolute atomic E-state index is 0.0213. The van der Waals surface area contributed by atoms with Crippen LogP contribution in [-0.4, -0.2) is 22.9 Å². The molecule has 18 heavy (non-hydrogen) atoms. The lowest BCUT2D eigenvalue weighted by molar-refractivity contribution is 0.101. The van der Waals surface area contributed by atoms with Crippen LogP contribution in [0.15, 0.2) is 36.5 Å². The third-order valence-corrected chi connectivity index (χ3v) is 2.27. The summed E-state index contributed by atoms with van der Waals surface area (Å²) in [5.74, 6) is 0.908. The topological polar surface area (TPSA) is 61.3 Å². The van der Waals surface area contributed by atoms with Crippen LogP contribution in [0.4, 0.5) is 0 Å². The number of methoxy groups -OCH3 is 1. The molecule has 5 heteroatoms. The molecule has 1 aromatic carbocycles. The molecule has 0 saturated carbocycles. The van der Waals surface area contributed by atoms with Crippen LogP contribution in [0.1, 0.15) is 17.3 Å². The lowest BCUT2D eigenvalue weighted by atomic mass is 10.1. The predicted octanol–water partition coefficient (Wildman–Crippen LogP) is 2.48. The van der Waals surface area contributed by atoms with Gasteiger partial charge in [-0.15, -0.1) is 0 Å². The molecule has 5 nitrogen and oxygen atoms in total. The van der Waals surface area contributed by atoms with E-state index >= 15 is 0 Å². The van der Waals surface area contributed by atoms with Gasteiger partial charge in [0, 0.05) is 17.8 Å². The van der Waals surface area contributed by atoms with Crippen molar-refractivity contribution in [3.8, 4) is 17.6 Å². The van der Waals surface area contributed by atoms with Crippen molar-refractivity contribution in [3.05, 3.63) is 42.1 Å². The van der Waals surface area contributed by atoms with E-state index in [-0.39, 0.29) is 11.8 Å². The zero-order chi connectivity index (χ0) is 13.0. The lowest BCUT2D eigenvalue weighted by Gasteiger charge is -2.05. The van der Waals surface area contributed by atoms with Crippen molar-refractivity contribution in [1.82, 2.24) is 9.97 Å². The van der Waals surface area contributed by atoms with E-state index < -0.39 is 0 Å². The summed E-state index contributed by atoms with van der Waals surface area (Å²) in [5, 5.41) is 0. The van der Waals surface area contributed by atoms with E-state index in [0.29, 0.717) is 17.2 Å². The van der Waals surface area contributed by atoms with E-state index in [0.717, 1.165) is 0 Å². The number of hydrogen-bond donors (Lipinski definition) is 0. The van der Waals surface area contributed by atoms with Gasteiger partial charge in [-0.25, -0.2) is 4.98 Å². The summed E-state index contributed by atoms with van der Waals surface area (Å²) in [6.07, 6.45) is 1.54. The minimum atomic E-state index is -0.0213. The van der Waals surface area contributed by atoms with Gasteiger partial charge in [0.25, 0.3) is 0 Å². The van der Waals surface area contributed by atoms with E-state index in [1.54, 1.807) is 30.3 Å². The van der Waals surface area contributed by atoms with Gasteiger partial charge in [0.05, 0.1) is 7.11 Å². The van der Waals surface area contributed by atoms with Gasteiger partial charge in [-0.2, -0.15) is 4.98 Å². The van der Waals surface area contributed by atoms with Gasteiger partial charge < -0.3 is 9.47 Å². The maximum absolute atomic E-state index is 11.2. The molecule has 0 N–H and O–H groups in total. The Morgan fingerprint density at radius 2 is 2.11 bits per heavy atom. The van der Waals surface area contributed by atoms with E-state index in [4.69, 9.17) is 9.47 Å². The minimum Gasteiger partial charge on any atom is -0.481 e. The molecule has 2 rings (SSSR count). The Morgan fingerprint density at radius 1 is 1.28 bits per heavy atom. The van der Waals surface area contributed by atoms with Crippen molar-refractivity contribution in [2.75, 3.05) is 7.11 Å². The molecule has 92 valence electrons. The first kappa shape index (κ1) is 12.0. The van der Waals surface area contributed by atoms with E-state index in [1.807, 2.05) is 0 Å². The van der Waals surface area contributed by atoms with Crippen LogP contribution in [0.5, 0.6) is 17.6 Å². The SMILES string of the molecule is COc1ccnc(Oc2cccc(C(C)=O)c2)n1. The van der Waals surface area contributed by atoms with Gasteiger partial charge in [-0.3, -0.25) is 4.79 Å². The van der Waals surface area contributed by atoms with Gasteiger partial charge in [-0.05, 0) is 19.1 Å². The molecule has 0 bridgehead atoms. The third kappa shape index (κ3) is 2.82. The van der Waals surface area contributed by atoms with E-state index in [9.17, 15) is 4.79 Å². The Kier molecular flexibility index (Phi) is 3.52. The summed E-state index contributed by atoms with van der Waals surface area (Å²) in [7, 11) is 1.52. The quantitative estimate of drug-likeness (QED) is 0.773. The number of hydrogen-bond acceptors (Lipinski definition) is 5. The third-order valence-electron chi connectivity index (χ3n) is 2.27. The molecule has 1 heterocycles. The Balaban J connectivity index is 2.22. The first-order chi connectivity index (χ1) is 8.69. The van der Waals surface area contributed by atoms with Gasteiger partial charge in [0.2, 0.25) is 5.88 Å². The molecule has 0 fully saturated rings. The smallest absolute Gasteiger partial charge is 0.325 e. The summed E-state index contributed by atoms with van der Waals surface area (Å²) in [6.45, 7) is 1.50. The second kappa shape index (κ2) is 5.27. The molecule has 0 unspecified atom stereocenters. The van der Waals surface area contributed by atoms with Gasteiger partial charge in [0.1, 0.15) is 5.75 Å². The largest absolute Gasteiger partial charge is 0.481 e. The zero-order valence-corrected chi connectivity index (χ0v) is 10.1. The van der Waals surface area contributed by atoms with E-state index in [2.05, 4.69) is 9.97 Å². The molecule has 0 radical (unpaired) electrons. The number of rotatable bonds is 4. The van der Waals surface area contributed by atoms with Crippen LogP contribution < -0.4 is 9.47 Å². The summed E-state index contributed by atoms with van der Waals surface area (Å²) >= 11 is 0. The number of aromatic nitrogens is 2. The highest BCUT2D eigenvalue weighted by Gasteiger charge is 2.05. The molecule has 0 spiro atoms. The van der Waals surface area contributed by atoms with Crippen molar-refractivity contribution in [1.29, 1.82) is 0 Å². The number of Topliss-reactive ketones (excluding diaryl/α,β-unsaturated/α-hetero) is 1. The second-order valence-electron chi connectivity index (χ2n) is 3.57. The molecule has 0 aliphatic rings. The average Bonchev–Trinajstić information content (AvgIpc) is 2.39. The Hall–Kier alpha value is -2.43. The fraction of sp³-hybridized carbons (Fsp3) is 0.154. The molecule has 0 saturated heterocycles. The molecular weight excluding hydrogens is 232 g/mol. The summed E-state index contributed by atoms with van der Waals surface area (Å²) < 4.78 is 10.4. The van der Waals surface area contributed by atoms with Crippen molar-refractivity contribution in [2.45, 2.75) is 6.92 Å². The Morgan fingerprint density at radius 3 is 2.83 bits per heavy atom. The average molecular weight is 244 g/mol. The van der Waals surface area contributed by atoms with Gasteiger partial charge in [0.15, 0.2) is 5.78 Å². The first-order valence-corrected chi connectivity index (χ1v) is 5.35. The molecular formula is C13H12N2O3. The van der Waals surface area contributed by atoms with Crippen LogP contribution >= 0.6 is 0 Å². The number of benzene rings is 1. The maximum atomic E-state index is 11.2. The summed E-state index contributed by atoms with van der Waals surface area (Å²) in [4.78, 5) is 19.2. The predicted molar refractivity (Wildman–Crippen MR) is 65.1 cm³/mol. The van der Waals surface area contributed by atoms with Crippen LogP contribution in [-0.2, 0) is 0 Å². The monoisotopic (exact) mass is 244 g/mol. The highest BCUT2D eigenvalue weighted by Crippen LogP contribution is 2.20. The second-order valence-corrected chi connectivity index (χ2v) is 3.57. The highest BCUT2D eigenvalue weighted by molar-refractivity contribution is 5.94. The van der Waals surface area contributed by atoms with Crippen LogP contribution in [0.25, 0.3) is 0 Å². The first-order valence-electron chi connectivity index (χ1n) is 5.35. The van der Waals surface area contributed by atoms with Crippen molar-refractivity contribution >= 4 is 5.78 Å². The number of ketones is 1. The lowest BCUT2D eigenvalue weighted by Crippen LogP contribution is -1.96. The summed E-state index contributed by atoms with van der Waals surface area (Å²) in [6, 6.07) is 8.64. The van der Waals surface area contributed by atoms with Crippen molar-refractivity contribution < 1.29 is 14.3 Å². The molecule has 2 aromatic rings. The molecule has 0 atom stereocenters.